The monoisotopic (exact) mass is 447 g/mol. The maximum absolute atomic E-state index is 11.3. The summed E-state index contributed by atoms with van der Waals surface area (Å²) in [4.78, 5) is 17.7. The fourth-order valence-electron chi connectivity index (χ4n) is 3.77. The fourth-order valence-corrected chi connectivity index (χ4v) is 4.47. The summed E-state index contributed by atoms with van der Waals surface area (Å²) in [5.41, 5.74) is 1.95. The first-order chi connectivity index (χ1) is 14.8. The van der Waals surface area contributed by atoms with Crippen LogP contribution in [0.3, 0.4) is 0 Å². The number of nitrogens with zero attached hydrogens (tertiary/aromatic N) is 2. The molecule has 0 radical (unpaired) electrons. The molecule has 2 heterocycles. The minimum absolute atomic E-state index is 0.0682. The van der Waals surface area contributed by atoms with Crippen molar-refractivity contribution in [2.45, 2.75) is 31.7 Å². The van der Waals surface area contributed by atoms with E-state index in [1.165, 1.54) is 5.69 Å². The molecule has 168 valence electrons. The van der Waals surface area contributed by atoms with Crippen LogP contribution in [0.2, 0.25) is 0 Å². The predicted molar refractivity (Wildman–Crippen MR) is 119 cm³/mol. The van der Waals surface area contributed by atoms with Crippen molar-refractivity contribution in [2.24, 2.45) is 5.92 Å². The summed E-state index contributed by atoms with van der Waals surface area (Å²) in [6.07, 6.45) is 7.92. The highest BCUT2D eigenvalue weighted by Gasteiger charge is 2.22. The highest BCUT2D eigenvalue weighted by Crippen LogP contribution is 2.25. The van der Waals surface area contributed by atoms with E-state index in [4.69, 9.17) is 4.74 Å². The summed E-state index contributed by atoms with van der Waals surface area (Å²) in [6, 6.07) is 10.0. The standard InChI is InChI=1S/C22H29N3O5S/c1-31(28,29)24-21(22(26)27)16-18-2-4-20(5-3-18)30-15-10-17-8-13-25(14-9-17)19-6-11-23-12-7-19/h2-7,11-12,17,21,24H,8-10,13-16H2,1H3,(H,26,27). The summed E-state index contributed by atoms with van der Waals surface area (Å²) < 4.78 is 30.7. The maximum atomic E-state index is 11.3. The number of aromatic nitrogens is 1. The average molecular weight is 448 g/mol. The van der Waals surface area contributed by atoms with Crippen LogP contribution in [-0.4, -0.2) is 56.5 Å². The van der Waals surface area contributed by atoms with Crippen LogP contribution in [0, 0.1) is 5.92 Å². The van der Waals surface area contributed by atoms with Gasteiger partial charge in [-0.3, -0.25) is 9.78 Å². The summed E-state index contributed by atoms with van der Waals surface area (Å²) in [6.45, 7) is 2.71. The summed E-state index contributed by atoms with van der Waals surface area (Å²) in [5.74, 6) is 0.150. The Bertz CT molecular complexity index is 943. The van der Waals surface area contributed by atoms with Crippen molar-refractivity contribution >= 4 is 21.7 Å². The molecule has 8 nitrogen and oxygen atoms in total. The van der Waals surface area contributed by atoms with Crippen LogP contribution in [0.5, 0.6) is 5.75 Å². The number of pyridine rings is 1. The molecule has 0 saturated carbocycles. The molecule has 0 bridgehead atoms. The lowest BCUT2D eigenvalue weighted by molar-refractivity contribution is -0.138. The van der Waals surface area contributed by atoms with Gasteiger partial charge in [0.25, 0.3) is 0 Å². The van der Waals surface area contributed by atoms with Gasteiger partial charge in [-0.2, -0.15) is 0 Å². The van der Waals surface area contributed by atoms with Gasteiger partial charge in [0.2, 0.25) is 10.0 Å². The lowest BCUT2D eigenvalue weighted by Crippen LogP contribution is -2.41. The molecule has 1 fully saturated rings. The second kappa shape index (κ2) is 10.6. The van der Waals surface area contributed by atoms with Gasteiger partial charge in [-0.15, -0.1) is 0 Å². The number of hydrogen-bond donors (Lipinski definition) is 2. The van der Waals surface area contributed by atoms with E-state index in [9.17, 15) is 18.3 Å². The Kier molecular flexibility index (Phi) is 7.86. The minimum Gasteiger partial charge on any atom is -0.494 e. The van der Waals surface area contributed by atoms with Gasteiger partial charge in [-0.25, -0.2) is 13.1 Å². The highest BCUT2D eigenvalue weighted by atomic mass is 32.2. The van der Waals surface area contributed by atoms with Crippen molar-refractivity contribution < 1.29 is 23.1 Å². The van der Waals surface area contributed by atoms with Crippen molar-refractivity contribution in [3.05, 3.63) is 54.4 Å². The molecule has 31 heavy (non-hydrogen) atoms. The number of carboxylic acid groups (broad SMARTS) is 1. The van der Waals surface area contributed by atoms with Crippen LogP contribution in [0.1, 0.15) is 24.8 Å². The molecule has 1 unspecified atom stereocenters. The number of carboxylic acids is 1. The minimum atomic E-state index is -3.60. The number of carbonyl (C=O) groups is 1. The van der Waals surface area contributed by atoms with Gasteiger partial charge in [0.15, 0.2) is 0 Å². The summed E-state index contributed by atoms with van der Waals surface area (Å²) in [5, 5.41) is 9.22. The van der Waals surface area contributed by atoms with Gasteiger partial charge in [0, 0.05) is 31.2 Å². The lowest BCUT2D eigenvalue weighted by Gasteiger charge is -2.33. The predicted octanol–water partition coefficient (Wildman–Crippen LogP) is 2.31. The number of ether oxygens (including phenoxy) is 1. The zero-order valence-electron chi connectivity index (χ0n) is 17.6. The molecular formula is C22H29N3O5S. The number of aliphatic carboxylic acids is 1. The molecule has 2 N–H and O–H groups in total. The first-order valence-corrected chi connectivity index (χ1v) is 12.3. The molecular weight excluding hydrogens is 418 g/mol. The van der Waals surface area contributed by atoms with Crippen molar-refractivity contribution in [2.75, 3.05) is 30.9 Å². The Hall–Kier alpha value is -2.65. The molecule has 2 aromatic rings. The quantitative estimate of drug-likeness (QED) is 0.575. The highest BCUT2D eigenvalue weighted by molar-refractivity contribution is 7.88. The summed E-state index contributed by atoms with van der Waals surface area (Å²) in [7, 11) is -3.60. The van der Waals surface area contributed by atoms with Gasteiger partial charge >= 0.3 is 5.97 Å². The molecule has 1 aliphatic heterocycles. The van der Waals surface area contributed by atoms with E-state index < -0.39 is 22.0 Å². The van der Waals surface area contributed by atoms with E-state index in [2.05, 4.69) is 14.6 Å². The Morgan fingerprint density at radius 3 is 2.42 bits per heavy atom. The van der Waals surface area contributed by atoms with Crippen molar-refractivity contribution in [3.8, 4) is 5.75 Å². The number of sulfonamides is 1. The topological polar surface area (TPSA) is 109 Å². The van der Waals surface area contributed by atoms with Crippen molar-refractivity contribution in [3.63, 3.8) is 0 Å². The zero-order chi connectivity index (χ0) is 22.3. The lowest BCUT2D eigenvalue weighted by atomic mass is 9.93. The molecule has 1 aromatic carbocycles. The molecule has 1 aromatic heterocycles. The number of rotatable bonds is 10. The Labute approximate surface area is 183 Å². The van der Waals surface area contributed by atoms with Gasteiger partial charge in [0.05, 0.1) is 12.9 Å². The van der Waals surface area contributed by atoms with Gasteiger partial charge in [-0.05, 0) is 61.4 Å². The molecule has 1 saturated heterocycles. The molecule has 3 rings (SSSR count). The second-order valence-electron chi connectivity index (χ2n) is 7.90. The van der Waals surface area contributed by atoms with E-state index >= 15 is 0 Å². The largest absolute Gasteiger partial charge is 0.494 e. The maximum Gasteiger partial charge on any atom is 0.322 e. The third kappa shape index (κ3) is 7.52. The van der Waals surface area contributed by atoms with E-state index in [1.54, 1.807) is 24.3 Å². The van der Waals surface area contributed by atoms with Crippen LogP contribution in [0.4, 0.5) is 5.69 Å². The molecule has 1 aliphatic rings. The SMILES string of the molecule is CS(=O)(=O)NC(Cc1ccc(OCCC2CCN(c3ccncc3)CC2)cc1)C(=O)O. The van der Waals surface area contributed by atoms with Crippen molar-refractivity contribution in [1.29, 1.82) is 0 Å². The third-order valence-corrected chi connectivity index (χ3v) is 6.17. The van der Waals surface area contributed by atoms with Gasteiger partial charge in [0.1, 0.15) is 11.8 Å². The summed E-state index contributed by atoms with van der Waals surface area (Å²) >= 11 is 0. The van der Waals surface area contributed by atoms with E-state index in [0.717, 1.165) is 49.9 Å². The normalized spacial score (nSPS) is 16.1. The van der Waals surface area contributed by atoms with Crippen LogP contribution < -0.4 is 14.4 Å². The molecule has 0 aliphatic carbocycles. The van der Waals surface area contributed by atoms with E-state index in [0.29, 0.717) is 12.5 Å². The molecule has 0 spiro atoms. The zero-order valence-corrected chi connectivity index (χ0v) is 18.4. The first-order valence-electron chi connectivity index (χ1n) is 10.4. The Morgan fingerprint density at radius 1 is 1.19 bits per heavy atom. The molecule has 0 amide bonds. The molecule has 1 atom stereocenters. The smallest absolute Gasteiger partial charge is 0.322 e. The van der Waals surface area contributed by atoms with Crippen LogP contribution in [0.15, 0.2) is 48.8 Å². The fraction of sp³-hybridized carbons (Fsp3) is 0.455. The van der Waals surface area contributed by atoms with Gasteiger partial charge in [-0.1, -0.05) is 12.1 Å². The third-order valence-electron chi connectivity index (χ3n) is 5.45. The number of nitrogens with one attached hydrogen (secondary N) is 1. The average Bonchev–Trinajstić information content (AvgIpc) is 2.74. The number of anilines is 1. The van der Waals surface area contributed by atoms with Crippen molar-refractivity contribution in [1.82, 2.24) is 9.71 Å². The Morgan fingerprint density at radius 2 is 1.84 bits per heavy atom. The van der Waals surface area contributed by atoms with Gasteiger partial charge < -0.3 is 14.7 Å². The first kappa shape index (κ1) is 23.0. The van der Waals surface area contributed by atoms with Crippen LogP contribution >= 0.6 is 0 Å². The van der Waals surface area contributed by atoms with E-state index in [-0.39, 0.29) is 6.42 Å². The number of piperidine rings is 1. The molecule has 9 heteroatoms. The van der Waals surface area contributed by atoms with Crippen LogP contribution in [0.25, 0.3) is 0 Å². The number of hydrogen-bond acceptors (Lipinski definition) is 6. The second-order valence-corrected chi connectivity index (χ2v) is 9.68. The number of benzene rings is 1. The Balaban J connectivity index is 1.41. The van der Waals surface area contributed by atoms with E-state index in [1.807, 2.05) is 24.5 Å². The van der Waals surface area contributed by atoms with Crippen LogP contribution in [-0.2, 0) is 21.2 Å².